The van der Waals surface area contributed by atoms with E-state index in [0.29, 0.717) is 5.82 Å². The van der Waals surface area contributed by atoms with Crippen LogP contribution in [0.15, 0.2) is 72.9 Å². The van der Waals surface area contributed by atoms with E-state index >= 15 is 0 Å². The maximum Gasteiger partial charge on any atom is 0.320 e. The van der Waals surface area contributed by atoms with Crippen molar-refractivity contribution in [2.24, 2.45) is 0 Å². The number of piperazine rings is 1. The first-order valence-electron chi connectivity index (χ1n) is 17.4. The fourth-order valence-corrected chi connectivity index (χ4v) is 6.71. The van der Waals surface area contributed by atoms with Crippen molar-refractivity contribution in [1.82, 2.24) is 39.5 Å². The van der Waals surface area contributed by atoms with Gasteiger partial charge in [0, 0.05) is 50.6 Å². The molecule has 2 aliphatic rings. The van der Waals surface area contributed by atoms with Crippen LogP contribution in [0.25, 0.3) is 11.3 Å². The Labute approximate surface area is 288 Å². The summed E-state index contributed by atoms with van der Waals surface area (Å²) in [6.45, 7) is 13.7. The zero-order valence-corrected chi connectivity index (χ0v) is 29.2. The molecule has 1 saturated heterocycles. The Morgan fingerprint density at radius 1 is 0.939 bits per heavy atom. The highest BCUT2D eigenvalue weighted by Crippen LogP contribution is 2.39. The lowest BCUT2D eigenvalue weighted by molar-refractivity contribution is 0.155. The van der Waals surface area contributed by atoms with Gasteiger partial charge in [0.1, 0.15) is 23.5 Å². The molecule has 256 valence electrons. The molecule has 2 aromatic carbocycles. The SMILES string of the molecule is Cc1ccc(-n2nc(C(C)(C)C)cc2NC(=O)N[C@H]2CC[C@@H](Oc3ccc4nnc(CCN5CCN(C)CC5)n4c3)c3ccccc32)cc1. The van der Waals surface area contributed by atoms with Crippen molar-refractivity contribution in [2.45, 2.75) is 64.5 Å². The molecule has 1 aliphatic heterocycles. The Hall–Kier alpha value is -4.74. The molecule has 4 heterocycles. The predicted molar refractivity (Wildman–Crippen MR) is 192 cm³/mol. The van der Waals surface area contributed by atoms with Gasteiger partial charge in [0.25, 0.3) is 0 Å². The largest absolute Gasteiger partial charge is 0.484 e. The average Bonchev–Trinajstić information content (AvgIpc) is 3.70. The Bertz CT molecular complexity index is 1920. The molecule has 2 atom stereocenters. The molecule has 0 saturated carbocycles. The topological polar surface area (TPSA) is 105 Å². The summed E-state index contributed by atoms with van der Waals surface area (Å²) in [6, 6.07) is 21.9. The van der Waals surface area contributed by atoms with Gasteiger partial charge in [0.2, 0.25) is 0 Å². The van der Waals surface area contributed by atoms with Crippen LogP contribution in [0, 0.1) is 6.92 Å². The van der Waals surface area contributed by atoms with Gasteiger partial charge in [-0.05, 0) is 62.2 Å². The number of aromatic nitrogens is 5. The summed E-state index contributed by atoms with van der Waals surface area (Å²) in [5.41, 5.74) is 5.75. The lowest BCUT2D eigenvalue weighted by atomic mass is 9.85. The summed E-state index contributed by atoms with van der Waals surface area (Å²) in [7, 11) is 2.18. The van der Waals surface area contributed by atoms with Crippen LogP contribution in [0.5, 0.6) is 5.75 Å². The van der Waals surface area contributed by atoms with Crippen molar-refractivity contribution in [3.8, 4) is 11.4 Å². The average molecular weight is 662 g/mol. The van der Waals surface area contributed by atoms with Crippen LogP contribution >= 0.6 is 0 Å². The number of hydrogen-bond acceptors (Lipinski definition) is 7. The molecule has 0 unspecified atom stereocenters. The van der Waals surface area contributed by atoms with Crippen LogP contribution in [0.3, 0.4) is 0 Å². The standard InChI is InChI=1S/C38H47N9O2/c1-26-10-12-27(13-11-26)47-36(24-33(43-47)38(2,3)4)40-37(48)39-31-15-16-32(30-9-7-6-8-29(30)31)49-28-14-17-34-41-42-35(46(34)25-28)18-19-45-22-20-44(5)21-23-45/h6-14,17,24-25,31-32H,15-16,18-23H2,1-5H3,(H2,39,40,48)/t31-,32+/m0/s1. The summed E-state index contributed by atoms with van der Waals surface area (Å²) in [5, 5.41) is 20.1. The summed E-state index contributed by atoms with van der Waals surface area (Å²) in [5.74, 6) is 2.34. The zero-order chi connectivity index (χ0) is 34.1. The number of urea groups is 1. The highest BCUT2D eigenvalue weighted by atomic mass is 16.5. The number of aryl methyl sites for hydroxylation is 1. The minimum atomic E-state index is -0.268. The van der Waals surface area contributed by atoms with Gasteiger partial charge in [-0.2, -0.15) is 5.10 Å². The molecule has 11 heteroatoms. The van der Waals surface area contributed by atoms with Crippen molar-refractivity contribution in [2.75, 3.05) is 45.1 Å². The quantitative estimate of drug-likeness (QED) is 0.208. The maximum atomic E-state index is 13.5. The number of nitrogens with one attached hydrogen (secondary N) is 2. The summed E-state index contributed by atoms with van der Waals surface area (Å²) in [4.78, 5) is 18.4. The monoisotopic (exact) mass is 661 g/mol. The molecule has 2 amide bonds. The van der Waals surface area contributed by atoms with E-state index in [1.54, 1.807) is 0 Å². The van der Waals surface area contributed by atoms with Gasteiger partial charge >= 0.3 is 6.03 Å². The van der Waals surface area contributed by atoms with Crippen LogP contribution in [-0.2, 0) is 11.8 Å². The third-order valence-corrected chi connectivity index (χ3v) is 9.71. The summed E-state index contributed by atoms with van der Waals surface area (Å²) in [6.07, 6.45) is 4.20. The molecule has 49 heavy (non-hydrogen) atoms. The molecule has 0 radical (unpaired) electrons. The van der Waals surface area contributed by atoms with E-state index in [0.717, 1.165) is 91.7 Å². The van der Waals surface area contributed by atoms with E-state index in [2.05, 4.69) is 81.9 Å². The van der Waals surface area contributed by atoms with Crippen LogP contribution in [0.4, 0.5) is 10.6 Å². The number of likely N-dealkylation sites (N-methyl/N-ethyl adjacent to an activating group) is 1. The van der Waals surface area contributed by atoms with Crippen molar-refractivity contribution in [1.29, 1.82) is 0 Å². The second-order valence-corrected chi connectivity index (χ2v) is 14.5. The van der Waals surface area contributed by atoms with E-state index < -0.39 is 0 Å². The van der Waals surface area contributed by atoms with Crippen molar-refractivity contribution in [3.63, 3.8) is 0 Å². The van der Waals surface area contributed by atoms with Gasteiger partial charge in [-0.25, -0.2) is 9.48 Å². The minimum Gasteiger partial charge on any atom is -0.484 e. The number of anilines is 1. The third kappa shape index (κ3) is 7.33. The first-order chi connectivity index (χ1) is 23.6. The number of pyridine rings is 1. The normalized spacial score (nSPS) is 18.7. The molecule has 11 nitrogen and oxygen atoms in total. The molecule has 5 aromatic rings. The van der Waals surface area contributed by atoms with Crippen molar-refractivity contribution >= 4 is 17.5 Å². The van der Waals surface area contributed by atoms with Crippen molar-refractivity contribution < 1.29 is 9.53 Å². The first kappa shape index (κ1) is 32.8. The molecular formula is C38H47N9O2. The Balaban J connectivity index is 1.04. The van der Waals surface area contributed by atoms with E-state index in [9.17, 15) is 4.79 Å². The van der Waals surface area contributed by atoms with Gasteiger partial charge in [0.15, 0.2) is 5.65 Å². The van der Waals surface area contributed by atoms with Gasteiger partial charge in [-0.3, -0.25) is 9.72 Å². The Morgan fingerprint density at radius 2 is 1.69 bits per heavy atom. The fourth-order valence-electron chi connectivity index (χ4n) is 6.71. The van der Waals surface area contributed by atoms with Crippen LogP contribution in [0.2, 0.25) is 0 Å². The molecule has 7 rings (SSSR count). The number of amides is 2. The van der Waals surface area contributed by atoms with Crippen LogP contribution < -0.4 is 15.4 Å². The summed E-state index contributed by atoms with van der Waals surface area (Å²) >= 11 is 0. The Morgan fingerprint density at radius 3 is 2.45 bits per heavy atom. The highest BCUT2D eigenvalue weighted by Gasteiger charge is 2.30. The summed E-state index contributed by atoms with van der Waals surface area (Å²) < 4.78 is 10.5. The second-order valence-electron chi connectivity index (χ2n) is 14.5. The van der Waals surface area contributed by atoms with Crippen LogP contribution in [-0.4, -0.2) is 80.0 Å². The lowest BCUT2D eigenvalue weighted by Crippen LogP contribution is -2.45. The molecule has 1 aliphatic carbocycles. The van der Waals surface area contributed by atoms with E-state index in [-0.39, 0.29) is 23.6 Å². The first-order valence-corrected chi connectivity index (χ1v) is 17.4. The Kier molecular flexibility index (Phi) is 9.13. The van der Waals surface area contributed by atoms with Gasteiger partial charge in [-0.15, -0.1) is 10.2 Å². The lowest BCUT2D eigenvalue weighted by Gasteiger charge is -2.32. The molecular weight excluding hydrogens is 614 g/mol. The van der Waals surface area contributed by atoms with Gasteiger partial charge in [0.05, 0.1) is 23.6 Å². The minimum absolute atomic E-state index is 0.141. The number of fused-ring (bicyclic) bond motifs is 2. The number of rotatable bonds is 8. The highest BCUT2D eigenvalue weighted by molar-refractivity contribution is 5.89. The van der Waals surface area contributed by atoms with E-state index in [4.69, 9.17) is 9.84 Å². The van der Waals surface area contributed by atoms with E-state index in [1.807, 2.05) is 65.5 Å². The number of hydrogen-bond donors (Lipinski definition) is 2. The number of carbonyl (C=O) groups is 1. The van der Waals surface area contributed by atoms with Crippen molar-refractivity contribution in [3.05, 3.63) is 101 Å². The molecule has 3 aromatic heterocycles. The second kappa shape index (κ2) is 13.6. The fraction of sp³-hybridized carbons (Fsp3) is 0.421. The molecule has 2 N–H and O–H groups in total. The predicted octanol–water partition coefficient (Wildman–Crippen LogP) is 6.09. The van der Waals surface area contributed by atoms with Gasteiger partial charge < -0.3 is 19.9 Å². The third-order valence-electron chi connectivity index (χ3n) is 9.71. The zero-order valence-electron chi connectivity index (χ0n) is 29.2. The van der Waals surface area contributed by atoms with E-state index in [1.165, 1.54) is 5.56 Å². The number of ether oxygens (including phenoxy) is 1. The smallest absolute Gasteiger partial charge is 0.320 e. The number of nitrogens with zero attached hydrogens (tertiary/aromatic N) is 7. The molecule has 0 bridgehead atoms. The number of benzene rings is 2. The maximum absolute atomic E-state index is 13.5. The van der Waals surface area contributed by atoms with Crippen LogP contribution in [0.1, 0.15) is 74.0 Å². The van der Waals surface area contributed by atoms with Gasteiger partial charge in [-0.1, -0.05) is 62.7 Å². The molecule has 1 fully saturated rings. The molecule has 0 spiro atoms. The number of carbonyl (C=O) groups excluding carboxylic acids is 1.